The molecule has 4 heteroatoms. The summed E-state index contributed by atoms with van der Waals surface area (Å²) in [6.07, 6.45) is 3.75. The molecule has 1 fully saturated rings. The Bertz CT molecular complexity index is 230. The number of nitrogens with two attached hydrogens (primary N) is 1. The molecule has 16 heavy (non-hydrogen) atoms. The Balaban J connectivity index is 2.51. The summed E-state index contributed by atoms with van der Waals surface area (Å²) in [6, 6.07) is 0.130. The molecular weight excluding hydrogens is 202 g/mol. The molecule has 0 aliphatic carbocycles. The average molecular weight is 227 g/mol. The molecule has 2 N–H and O–H groups in total. The van der Waals surface area contributed by atoms with Crippen LogP contribution in [-0.4, -0.2) is 54.5 Å². The van der Waals surface area contributed by atoms with E-state index in [1.54, 1.807) is 6.92 Å². The molecule has 94 valence electrons. The van der Waals surface area contributed by atoms with Gasteiger partial charge in [0.2, 0.25) is 5.91 Å². The van der Waals surface area contributed by atoms with E-state index in [1.165, 1.54) is 19.3 Å². The largest absolute Gasteiger partial charge is 0.340 e. The summed E-state index contributed by atoms with van der Waals surface area (Å²) in [5.74, 6) is 0.0708. The van der Waals surface area contributed by atoms with Crippen molar-refractivity contribution in [2.45, 2.75) is 45.2 Å². The lowest BCUT2D eigenvalue weighted by molar-refractivity contribution is -0.132. The number of likely N-dealkylation sites (N-methyl/N-ethyl adjacent to an activating group) is 2. The molecule has 0 aromatic carbocycles. The van der Waals surface area contributed by atoms with Gasteiger partial charge in [-0.2, -0.15) is 0 Å². The average Bonchev–Trinajstić information content (AvgIpc) is 2.27. The maximum atomic E-state index is 11.8. The molecule has 0 saturated carbocycles. The third-order valence-electron chi connectivity index (χ3n) is 3.44. The summed E-state index contributed by atoms with van der Waals surface area (Å²) in [7, 11) is 2.15. The fourth-order valence-corrected chi connectivity index (χ4v) is 2.29. The van der Waals surface area contributed by atoms with Crippen LogP contribution in [0.1, 0.15) is 33.1 Å². The van der Waals surface area contributed by atoms with Crippen LogP contribution in [-0.2, 0) is 4.79 Å². The van der Waals surface area contributed by atoms with Crippen molar-refractivity contribution in [1.29, 1.82) is 0 Å². The maximum absolute atomic E-state index is 11.8. The van der Waals surface area contributed by atoms with Crippen molar-refractivity contribution in [3.8, 4) is 0 Å². The summed E-state index contributed by atoms with van der Waals surface area (Å²) in [4.78, 5) is 16.1. The smallest absolute Gasteiger partial charge is 0.239 e. The second kappa shape index (κ2) is 6.21. The number of amides is 1. The standard InChI is InChI=1S/C12H25N3O/c1-4-15(12(16)10(2)13)9-11-7-5-6-8-14(11)3/h10-11H,4-9,13H2,1-3H3/t10-,11-/m0/s1. The molecule has 0 bridgehead atoms. The Morgan fingerprint density at radius 2 is 2.25 bits per heavy atom. The minimum absolute atomic E-state index is 0.0708. The lowest BCUT2D eigenvalue weighted by Gasteiger charge is -2.36. The Hall–Kier alpha value is -0.610. The molecule has 1 aliphatic heterocycles. The van der Waals surface area contributed by atoms with E-state index in [-0.39, 0.29) is 11.9 Å². The quantitative estimate of drug-likeness (QED) is 0.768. The second-order valence-corrected chi connectivity index (χ2v) is 4.80. The predicted octanol–water partition coefficient (Wildman–Crippen LogP) is 0.666. The Labute approximate surface area is 98.8 Å². The Morgan fingerprint density at radius 1 is 1.56 bits per heavy atom. The first-order valence-corrected chi connectivity index (χ1v) is 6.30. The van der Waals surface area contributed by atoms with Crippen LogP contribution in [0.2, 0.25) is 0 Å². The highest BCUT2D eigenvalue weighted by Crippen LogP contribution is 2.16. The molecule has 0 radical (unpaired) electrons. The van der Waals surface area contributed by atoms with E-state index in [0.717, 1.165) is 19.6 Å². The zero-order valence-electron chi connectivity index (χ0n) is 10.8. The predicted molar refractivity (Wildman–Crippen MR) is 66.2 cm³/mol. The Kier molecular flexibility index (Phi) is 5.22. The SMILES string of the molecule is CCN(C[C@@H]1CCCCN1C)C(=O)[C@H](C)N. The minimum atomic E-state index is -0.381. The molecule has 0 aromatic heterocycles. The summed E-state index contributed by atoms with van der Waals surface area (Å²) in [5, 5.41) is 0. The molecule has 0 unspecified atom stereocenters. The minimum Gasteiger partial charge on any atom is -0.340 e. The fraction of sp³-hybridized carbons (Fsp3) is 0.917. The summed E-state index contributed by atoms with van der Waals surface area (Å²) >= 11 is 0. The van der Waals surface area contributed by atoms with E-state index < -0.39 is 0 Å². The van der Waals surface area contributed by atoms with Gasteiger partial charge in [-0.15, -0.1) is 0 Å². The first kappa shape index (κ1) is 13.5. The third kappa shape index (κ3) is 3.46. The highest BCUT2D eigenvalue weighted by molar-refractivity contribution is 5.81. The van der Waals surface area contributed by atoms with Gasteiger partial charge >= 0.3 is 0 Å². The van der Waals surface area contributed by atoms with E-state index in [2.05, 4.69) is 11.9 Å². The Morgan fingerprint density at radius 3 is 2.75 bits per heavy atom. The van der Waals surface area contributed by atoms with Crippen LogP contribution in [0.15, 0.2) is 0 Å². The number of hydrogen-bond acceptors (Lipinski definition) is 3. The van der Waals surface area contributed by atoms with E-state index >= 15 is 0 Å². The van der Waals surface area contributed by atoms with Crippen molar-refractivity contribution in [1.82, 2.24) is 9.80 Å². The van der Waals surface area contributed by atoms with Gasteiger partial charge in [0.25, 0.3) is 0 Å². The highest BCUT2D eigenvalue weighted by Gasteiger charge is 2.24. The highest BCUT2D eigenvalue weighted by atomic mass is 16.2. The molecule has 1 aliphatic rings. The lowest BCUT2D eigenvalue weighted by Crippen LogP contribution is -2.50. The van der Waals surface area contributed by atoms with E-state index in [4.69, 9.17) is 5.73 Å². The normalized spacial score (nSPS) is 24.1. The number of carbonyl (C=O) groups is 1. The van der Waals surface area contributed by atoms with E-state index in [9.17, 15) is 4.79 Å². The fourth-order valence-electron chi connectivity index (χ4n) is 2.29. The van der Waals surface area contributed by atoms with Gasteiger partial charge in [0, 0.05) is 19.1 Å². The van der Waals surface area contributed by atoms with Crippen LogP contribution in [0.4, 0.5) is 0 Å². The lowest BCUT2D eigenvalue weighted by atomic mass is 10.0. The summed E-state index contributed by atoms with van der Waals surface area (Å²) in [6.45, 7) is 6.51. The molecule has 0 spiro atoms. The van der Waals surface area contributed by atoms with Crippen LogP contribution in [0.3, 0.4) is 0 Å². The molecule has 1 heterocycles. The van der Waals surface area contributed by atoms with Crippen LogP contribution < -0.4 is 5.73 Å². The van der Waals surface area contributed by atoms with E-state index in [1.807, 2.05) is 11.8 Å². The number of carbonyl (C=O) groups excluding carboxylic acids is 1. The number of hydrogen-bond donors (Lipinski definition) is 1. The second-order valence-electron chi connectivity index (χ2n) is 4.80. The first-order valence-electron chi connectivity index (χ1n) is 6.30. The summed E-state index contributed by atoms with van der Waals surface area (Å²) < 4.78 is 0. The molecule has 1 rings (SSSR count). The van der Waals surface area contributed by atoms with Gasteiger partial charge in [0.1, 0.15) is 0 Å². The van der Waals surface area contributed by atoms with Gasteiger partial charge in [0.05, 0.1) is 6.04 Å². The molecule has 4 nitrogen and oxygen atoms in total. The van der Waals surface area contributed by atoms with Gasteiger partial charge in [-0.05, 0) is 40.3 Å². The first-order chi connectivity index (χ1) is 7.56. The van der Waals surface area contributed by atoms with Crippen LogP contribution in [0.5, 0.6) is 0 Å². The van der Waals surface area contributed by atoms with Crippen LogP contribution in [0.25, 0.3) is 0 Å². The maximum Gasteiger partial charge on any atom is 0.239 e. The molecular formula is C12H25N3O. The zero-order chi connectivity index (χ0) is 12.1. The van der Waals surface area contributed by atoms with Gasteiger partial charge in [0.15, 0.2) is 0 Å². The zero-order valence-corrected chi connectivity index (χ0v) is 10.8. The van der Waals surface area contributed by atoms with Crippen LogP contribution >= 0.6 is 0 Å². The third-order valence-corrected chi connectivity index (χ3v) is 3.44. The van der Waals surface area contributed by atoms with Crippen molar-refractivity contribution < 1.29 is 4.79 Å². The molecule has 2 atom stereocenters. The number of rotatable bonds is 4. The number of nitrogens with zero attached hydrogens (tertiary/aromatic N) is 2. The number of piperidine rings is 1. The van der Waals surface area contributed by atoms with Crippen molar-refractivity contribution in [3.05, 3.63) is 0 Å². The molecule has 1 amide bonds. The van der Waals surface area contributed by atoms with Crippen molar-refractivity contribution in [2.24, 2.45) is 5.73 Å². The monoisotopic (exact) mass is 227 g/mol. The summed E-state index contributed by atoms with van der Waals surface area (Å²) in [5.41, 5.74) is 5.65. The van der Waals surface area contributed by atoms with Gasteiger partial charge < -0.3 is 15.5 Å². The van der Waals surface area contributed by atoms with Gasteiger partial charge in [-0.1, -0.05) is 6.42 Å². The number of likely N-dealkylation sites (tertiary alicyclic amines) is 1. The topological polar surface area (TPSA) is 49.6 Å². The van der Waals surface area contributed by atoms with Crippen LogP contribution in [0, 0.1) is 0 Å². The van der Waals surface area contributed by atoms with Crippen molar-refractivity contribution in [3.63, 3.8) is 0 Å². The van der Waals surface area contributed by atoms with Crippen molar-refractivity contribution >= 4 is 5.91 Å². The molecule has 1 saturated heterocycles. The van der Waals surface area contributed by atoms with Crippen molar-refractivity contribution in [2.75, 3.05) is 26.7 Å². The van der Waals surface area contributed by atoms with Gasteiger partial charge in [-0.25, -0.2) is 0 Å². The molecule has 0 aromatic rings. The van der Waals surface area contributed by atoms with Gasteiger partial charge in [-0.3, -0.25) is 4.79 Å². The van der Waals surface area contributed by atoms with E-state index in [0.29, 0.717) is 6.04 Å².